The molecule has 152 valence electrons. The first kappa shape index (κ1) is 19.5. The number of para-hydroxylation sites is 1. The molecule has 0 radical (unpaired) electrons. The molecular weight excluding hydrogens is 382 g/mol. The molecule has 4 aromatic rings. The number of carbonyl (C=O) groups is 2. The Balaban J connectivity index is 2.06. The van der Waals surface area contributed by atoms with E-state index >= 15 is 0 Å². The second-order valence-corrected chi connectivity index (χ2v) is 6.57. The second kappa shape index (κ2) is 8.29. The van der Waals surface area contributed by atoms with Crippen LogP contribution in [0.15, 0.2) is 66.7 Å². The van der Waals surface area contributed by atoms with E-state index in [0.717, 1.165) is 27.4 Å². The van der Waals surface area contributed by atoms with Crippen LogP contribution in [0.5, 0.6) is 5.75 Å². The lowest BCUT2D eigenvalue weighted by Crippen LogP contribution is -2.14. The zero-order valence-electron chi connectivity index (χ0n) is 16.8. The predicted octanol–water partition coefficient (Wildman–Crippen LogP) is 6.00. The lowest BCUT2D eigenvalue weighted by atomic mass is 10.0. The molecule has 0 aliphatic heterocycles. The van der Waals surface area contributed by atoms with E-state index in [0.29, 0.717) is 11.3 Å². The summed E-state index contributed by atoms with van der Waals surface area (Å²) < 4.78 is 17.2. The Morgan fingerprint density at radius 1 is 0.833 bits per heavy atom. The van der Waals surface area contributed by atoms with Crippen molar-refractivity contribution in [3.63, 3.8) is 0 Å². The molecule has 6 nitrogen and oxygen atoms in total. The predicted molar refractivity (Wildman–Crippen MR) is 115 cm³/mol. The van der Waals surface area contributed by atoms with Crippen LogP contribution in [0.4, 0.5) is 9.59 Å². The summed E-state index contributed by atoms with van der Waals surface area (Å²) in [6, 6.07) is 20.7. The quantitative estimate of drug-likeness (QED) is 0.309. The van der Waals surface area contributed by atoms with Gasteiger partial charge < -0.3 is 14.2 Å². The highest BCUT2D eigenvalue weighted by molar-refractivity contribution is 6.17. The molecule has 0 spiro atoms. The van der Waals surface area contributed by atoms with Gasteiger partial charge in [0.15, 0.2) is 0 Å². The minimum Gasteiger partial charge on any atom is -0.449 e. The maximum absolute atomic E-state index is 12.9. The standard InChI is InChI=1S/C24H21NO5/c1-3-28-23(26)25-21-13-9-8-12-18(21)20-15-17(30-24(27)29-4-2)14-19(22(20)25)16-10-6-5-7-11-16/h5-15H,3-4H2,1-2H3. The molecule has 0 bridgehead atoms. The van der Waals surface area contributed by atoms with Crippen LogP contribution in [0.25, 0.3) is 32.9 Å². The number of hydrogen-bond donors (Lipinski definition) is 0. The molecule has 1 aromatic heterocycles. The van der Waals surface area contributed by atoms with Crippen molar-refractivity contribution in [3.8, 4) is 16.9 Å². The second-order valence-electron chi connectivity index (χ2n) is 6.57. The van der Waals surface area contributed by atoms with E-state index in [1.807, 2.05) is 54.6 Å². The molecule has 0 atom stereocenters. The number of ether oxygens (including phenoxy) is 3. The normalized spacial score (nSPS) is 10.9. The van der Waals surface area contributed by atoms with Gasteiger partial charge in [0.05, 0.1) is 24.2 Å². The molecule has 0 saturated carbocycles. The molecule has 0 aliphatic carbocycles. The number of hydrogen-bond acceptors (Lipinski definition) is 5. The number of aromatic nitrogens is 1. The largest absolute Gasteiger partial charge is 0.513 e. The zero-order chi connectivity index (χ0) is 21.1. The third-order valence-electron chi connectivity index (χ3n) is 4.74. The molecule has 4 rings (SSSR count). The number of nitrogens with zero attached hydrogens (tertiary/aromatic N) is 1. The van der Waals surface area contributed by atoms with Gasteiger partial charge in [-0.2, -0.15) is 0 Å². The van der Waals surface area contributed by atoms with E-state index < -0.39 is 12.2 Å². The third-order valence-corrected chi connectivity index (χ3v) is 4.74. The Morgan fingerprint density at radius 3 is 2.27 bits per heavy atom. The van der Waals surface area contributed by atoms with Crippen LogP contribution in [0.1, 0.15) is 13.8 Å². The van der Waals surface area contributed by atoms with E-state index in [4.69, 9.17) is 14.2 Å². The molecule has 3 aromatic carbocycles. The highest BCUT2D eigenvalue weighted by atomic mass is 16.7. The topological polar surface area (TPSA) is 66.8 Å². The van der Waals surface area contributed by atoms with Crippen molar-refractivity contribution in [3.05, 3.63) is 66.7 Å². The van der Waals surface area contributed by atoms with Gasteiger partial charge in [-0.25, -0.2) is 14.2 Å². The molecule has 30 heavy (non-hydrogen) atoms. The highest BCUT2D eigenvalue weighted by Gasteiger charge is 2.22. The first-order valence-corrected chi connectivity index (χ1v) is 9.78. The van der Waals surface area contributed by atoms with Gasteiger partial charge in [0, 0.05) is 16.3 Å². The van der Waals surface area contributed by atoms with Gasteiger partial charge in [0.2, 0.25) is 0 Å². The van der Waals surface area contributed by atoms with Crippen LogP contribution >= 0.6 is 0 Å². The van der Waals surface area contributed by atoms with Crippen LogP contribution in [0.3, 0.4) is 0 Å². The van der Waals surface area contributed by atoms with Crippen molar-refractivity contribution in [2.45, 2.75) is 13.8 Å². The third kappa shape index (κ3) is 3.48. The van der Waals surface area contributed by atoms with Crippen molar-refractivity contribution in [2.75, 3.05) is 13.2 Å². The lowest BCUT2D eigenvalue weighted by Gasteiger charge is -2.12. The smallest absolute Gasteiger partial charge is 0.449 e. The van der Waals surface area contributed by atoms with E-state index in [1.54, 1.807) is 30.5 Å². The van der Waals surface area contributed by atoms with Crippen molar-refractivity contribution in [1.29, 1.82) is 0 Å². The Morgan fingerprint density at radius 2 is 1.53 bits per heavy atom. The van der Waals surface area contributed by atoms with Crippen molar-refractivity contribution in [2.24, 2.45) is 0 Å². The molecular formula is C24H21NO5. The summed E-state index contributed by atoms with van der Waals surface area (Å²) in [5, 5.41) is 1.63. The van der Waals surface area contributed by atoms with Gasteiger partial charge >= 0.3 is 12.2 Å². The average molecular weight is 403 g/mol. The summed E-state index contributed by atoms with van der Waals surface area (Å²) in [5.74, 6) is 0.339. The van der Waals surface area contributed by atoms with Crippen LogP contribution in [-0.2, 0) is 9.47 Å². The van der Waals surface area contributed by atoms with Gasteiger partial charge in [-0.3, -0.25) is 0 Å². The number of benzene rings is 3. The first-order chi connectivity index (χ1) is 14.6. The van der Waals surface area contributed by atoms with Crippen LogP contribution in [0, 0.1) is 0 Å². The number of carbonyl (C=O) groups excluding carboxylic acids is 2. The Labute approximate surface area is 173 Å². The monoisotopic (exact) mass is 403 g/mol. The van der Waals surface area contributed by atoms with Gasteiger partial charge in [0.25, 0.3) is 0 Å². The fourth-order valence-corrected chi connectivity index (χ4v) is 3.59. The van der Waals surface area contributed by atoms with Gasteiger partial charge in [-0.1, -0.05) is 48.5 Å². The van der Waals surface area contributed by atoms with E-state index in [1.165, 1.54) is 0 Å². The molecule has 0 fully saturated rings. The summed E-state index contributed by atoms with van der Waals surface area (Å²) in [6.45, 7) is 3.97. The van der Waals surface area contributed by atoms with Crippen molar-refractivity contribution in [1.82, 2.24) is 4.57 Å². The SMILES string of the molecule is CCOC(=O)Oc1cc(-c2ccccc2)c2c(c1)c1ccccc1n2C(=O)OCC. The minimum atomic E-state index is -0.773. The Kier molecular flexibility index (Phi) is 5.39. The minimum absolute atomic E-state index is 0.217. The van der Waals surface area contributed by atoms with E-state index in [2.05, 4.69) is 0 Å². The first-order valence-electron chi connectivity index (χ1n) is 9.78. The summed E-state index contributed by atoms with van der Waals surface area (Å²) in [4.78, 5) is 24.8. The maximum Gasteiger partial charge on any atom is 0.513 e. The van der Waals surface area contributed by atoms with Crippen molar-refractivity contribution < 1.29 is 23.8 Å². The number of fused-ring (bicyclic) bond motifs is 3. The number of rotatable bonds is 4. The van der Waals surface area contributed by atoms with Gasteiger partial charge in [-0.05, 0) is 37.6 Å². The van der Waals surface area contributed by atoms with Crippen LogP contribution in [0.2, 0.25) is 0 Å². The Bertz CT molecular complexity index is 1230. The van der Waals surface area contributed by atoms with Crippen LogP contribution < -0.4 is 4.74 Å². The molecule has 0 unspecified atom stereocenters. The van der Waals surface area contributed by atoms with Gasteiger partial charge in [-0.15, -0.1) is 0 Å². The van der Waals surface area contributed by atoms with E-state index in [-0.39, 0.29) is 13.2 Å². The van der Waals surface area contributed by atoms with Gasteiger partial charge in [0.1, 0.15) is 5.75 Å². The molecule has 0 amide bonds. The fraction of sp³-hybridized carbons (Fsp3) is 0.167. The zero-order valence-corrected chi connectivity index (χ0v) is 16.8. The highest BCUT2D eigenvalue weighted by Crippen LogP contribution is 2.39. The average Bonchev–Trinajstić information content (AvgIpc) is 3.09. The molecule has 6 heteroatoms. The summed E-state index contributed by atoms with van der Waals surface area (Å²) >= 11 is 0. The Hall–Kier alpha value is -3.80. The summed E-state index contributed by atoms with van der Waals surface area (Å²) in [7, 11) is 0. The molecule has 0 N–H and O–H groups in total. The van der Waals surface area contributed by atoms with E-state index in [9.17, 15) is 9.59 Å². The molecule has 0 aliphatic rings. The van der Waals surface area contributed by atoms with Crippen LogP contribution in [-0.4, -0.2) is 30.0 Å². The summed E-state index contributed by atoms with van der Waals surface area (Å²) in [6.07, 6.45) is -1.23. The lowest BCUT2D eigenvalue weighted by molar-refractivity contribution is 0.104. The fourth-order valence-electron chi connectivity index (χ4n) is 3.59. The molecule has 1 heterocycles. The van der Waals surface area contributed by atoms with Crippen molar-refractivity contribution >= 4 is 34.1 Å². The summed E-state index contributed by atoms with van der Waals surface area (Å²) in [5.41, 5.74) is 3.04. The molecule has 0 saturated heterocycles. The maximum atomic E-state index is 12.9.